The smallest absolute Gasteiger partial charge is 0.0639 e. The summed E-state index contributed by atoms with van der Waals surface area (Å²) in [6, 6.07) is 1.90. The van der Waals surface area contributed by atoms with Crippen LogP contribution in [-0.2, 0) is 5.54 Å². The van der Waals surface area contributed by atoms with Gasteiger partial charge < -0.3 is 5.73 Å². The van der Waals surface area contributed by atoms with Crippen molar-refractivity contribution in [1.82, 2.24) is 4.98 Å². The van der Waals surface area contributed by atoms with E-state index in [-0.39, 0.29) is 17.9 Å². The summed E-state index contributed by atoms with van der Waals surface area (Å²) < 4.78 is 0. The molecule has 12 heavy (non-hydrogen) atoms. The highest BCUT2D eigenvalue weighted by Crippen LogP contribution is 2.44. The average Bonchev–Trinajstić information content (AvgIpc) is 2.70. The molecule has 1 aliphatic carbocycles. The molecule has 1 heterocycles. The summed E-state index contributed by atoms with van der Waals surface area (Å²) in [6.07, 6.45) is 5.45. The van der Waals surface area contributed by atoms with Crippen molar-refractivity contribution in [3.8, 4) is 0 Å². The second kappa shape index (κ2) is 3.21. The van der Waals surface area contributed by atoms with Gasteiger partial charge in [0, 0.05) is 17.9 Å². The molecule has 0 spiro atoms. The number of halogens is 2. The van der Waals surface area contributed by atoms with Crippen LogP contribution in [-0.4, -0.2) is 4.98 Å². The molecule has 0 atom stereocenters. The highest BCUT2D eigenvalue weighted by Gasteiger charge is 2.41. The lowest BCUT2D eigenvalue weighted by molar-refractivity contribution is 0.738. The van der Waals surface area contributed by atoms with Crippen LogP contribution in [0.15, 0.2) is 18.5 Å². The largest absolute Gasteiger partial charge is 0.321 e. The predicted octanol–water partition coefficient (Wildman–Crippen LogP) is 2.10. The lowest BCUT2D eigenvalue weighted by Gasteiger charge is -2.09. The summed E-state index contributed by atoms with van der Waals surface area (Å²) in [6.45, 7) is 0. The first-order chi connectivity index (χ1) is 5.22. The zero-order chi connectivity index (χ0) is 7.90. The molecule has 0 saturated heterocycles. The van der Waals surface area contributed by atoms with Gasteiger partial charge in [-0.05, 0) is 24.5 Å². The van der Waals surface area contributed by atoms with Crippen LogP contribution in [0.4, 0.5) is 0 Å². The van der Waals surface area contributed by atoms with E-state index in [4.69, 9.17) is 17.3 Å². The number of nitrogens with zero attached hydrogens (tertiary/aromatic N) is 1. The number of aromatic nitrogens is 1. The molecule has 0 amide bonds. The molecule has 1 fully saturated rings. The van der Waals surface area contributed by atoms with Gasteiger partial charge in [-0.1, -0.05) is 11.6 Å². The average molecular weight is 205 g/mol. The Kier molecular flexibility index (Phi) is 2.61. The maximum Gasteiger partial charge on any atom is 0.0639 e. The molecule has 0 unspecified atom stereocenters. The molecule has 0 aromatic carbocycles. The van der Waals surface area contributed by atoms with Crippen LogP contribution in [0.1, 0.15) is 18.4 Å². The van der Waals surface area contributed by atoms with Gasteiger partial charge in [0.25, 0.3) is 0 Å². The Hall–Kier alpha value is -0.310. The van der Waals surface area contributed by atoms with E-state index in [1.54, 1.807) is 12.4 Å². The minimum absolute atomic E-state index is 0. The lowest BCUT2D eigenvalue weighted by Crippen LogP contribution is -2.19. The zero-order valence-electron chi connectivity index (χ0n) is 6.46. The Labute approximate surface area is 82.5 Å². The van der Waals surface area contributed by atoms with Crippen molar-refractivity contribution < 1.29 is 0 Å². The Morgan fingerprint density at radius 2 is 2.17 bits per heavy atom. The van der Waals surface area contributed by atoms with Gasteiger partial charge in [-0.3, -0.25) is 4.98 Å². The van der Waals surface area contributed by atoms with Crippen molar-refractivity contribution in [2.24, 2.45) is 5.73 Å². The third-order valence-corrected chi connectivity index (χ3v) is 2.40. The molecule has 0 bridgehead atoms. The number of hydrogen-bond donors (Lipinski definition) is 1. The van der Waals surface area contributed by atoms with Crippen molar-refractivity contribution in [3.63, 3.8) is 0 Å². The van der Waals surface area contributed by atoms with Crippen molar-refractivity contribution in [1.29, 1.82) is 0 Å². The molecular formula is C8H10Cl2N2. The number of nitrogens with two attached hydrogens (primary N) is 1. The summed E-state index contributed by atoms with van der Waals surface area (Å²) in [5.41, 5.74) is 6.85. The van der Waals surface area contributed by atoms with Gasteiger partial charge in [0.15, 0.2) is 0 Å². The van der Waals surface area contributed by atoms with Gasteiger partial charge in [-0.2, -0.15) is 0 Å². The summed E-state index contributed by atoms with van der Waals surface area (Å²) >= 11 is 5.91. The molecule has 1 saturated carbocycles. The van der Waals surface area contributed by atoms with E-state index in [0.717, 1.165) is 18.4 Å². The second-order valence-corrected chi connectivity index (χ2v) is 3.42. The van der Waals surface area contributed by atoms with Gasteiger partial charge in [0.05, 0.1) is 5.02 Å². The van der Waals surface area contributed by atoms with Crippen molar-refractivity contribution in [2.75, 3.05) is 0 Å². The Balaban J connectivity index is 0.000000720. The van der Waals surface area contributed by atoms with Crippen molar-refractivity contribution >= 4 is 24.0 Å². The van der Waals surface area contributed by atoms with Crippen LogP contribution in [0, 0.1) is 0 Å². The normalized spacial score (nSPS) is 18.2. The third kappa shape index (κ3) is 1.56. The second-order valence-electron chi connectivity index (χ2n) is 3.01. The highest BCUT2D eigenvalue weighted by molar-refractivity contribution is 6.31. The Morgan fingerprint density at radius 3 is 2.67 bits per heavy atom. The highest BCUT2D eigenvalue weighted by atomic mass is 35.5. The van der Waals surface area contributed by atoms with Crippen LogP contribution in [0.5, 0.6) is 0 Å². The maximum absolute atomic E-state index is 5.96. The van der Waals surface area contributed by atoms with E-state index in [2.05, 4.69) is 4.98 Å². The first kappa shape index (κ1) is 9.78. The molecule has 4 heteroatoms. The molecule has 2 N–H and O–H groups in total. The van der Waals surface area contributed by atoms with Gasteiger partial charge in [-0.25, -0.2) is 0 Å². The van der Waals surface area contributed by atoms with Crippen LogP contribution >= 0.6 is 24.0 Å². The zero-order valence-corrected chi connectivity index (χ0v) is 8.03. The maximum atomic E-state index is 5.96. The fourth-order valence-electron chi connectivity index (χ4n) is 1.18. The van der Waals surface area contributed by atoms with Gasteiger partial charge in [0.2, 0.25) is 0 Å². The topological polar surface area (TPSA) is 38.9 Å². The monoisotopic (exact) mass is 204 g/mol. The molecule has 2 rings (SSSR count). The minimum Gasteiger partial charge on any atom is -0.321 e. The number of pyridine rings is 1. The first-order valence-electron chi connectivity index (χ1n) is 3.61. The molecule has 2 nitrogen and oxygen atoms in total. The standard InChI is InChI=1S/C8H9ClN2.ClH/c9-7-5-11-4-1-6(7)8(10)2-3-8;/h1,4-5H,2-3,10H2;1H. The van der Waals surface area contributed by atoms with E-state index in [1.165, 1.54) is 0 Å². The first-order valence-corrected chi connectivity index (χ1v) is 3.99. The minimum atomic E-state index is -0.139. The fourth-order valence-corrected chi connectivity index (χ4v) is 1.49. The molecule has 0 radical (unpaired) electrons. The lowest BCUT2D eigenvalue weighted by atomic mass is 10.1. The van der Waals surface area contributed by atoms with Gasteiger partial charge in [0.1, 0.15) is 0 Å². The van der Waals surface area contributed by atoms with Crippen LogP contribution in [0.3, 0.4) is 0 Å². The van der Waals surface area contributed by atoms with E-state index >= 15 is 0 Å². The SMILES string of the molecule is Cl.NC1(c2ccncc2Cl)CC1. The Morgan fingerprint density at radius 1 is 1.50 bits per heavy atom. The van der Waals surface area contributed by atoms with Crippen LogP contribution in [0.2, 0.25) is 5.02 Å². The van der Waals surface area contributed by atoms with Gasteiger partial charge in [-0.15, -0.1) is 12.4 Å². The molecular weight excluding hydrogens is 195 g/mol. The summed E-state index contributed by atoms with van der Waals surface area (Å²) in [5.74, 6) is 0. The summed E-state index contributed by atoms with van der Waals surface area (Å²) in [4.78, 5) is 3.90. The fraction of sp³-hybridized carbons (Fsp3) is 0.375. The van der Waals surface area contributed by atoms with Crippen LogP contribution in [0.25, 0.3) is 0 Å². The molecule has 0 aliphatic heterocycles. The Bertz CT molecular complexity index is 284. The van der Waals surface area contributed by atoms with Gasteiger partial charge >= 0.3 is 0 Å². The molecule has 1 aromatic rings. The van der Waals surface area contributed by atoms with Crippen molar-refractivity contribution in [2.45, 2.75) is 18.4 Å². The number of rotatable bonds is 1. The summed E-state index contributed by atoms with van der Waals surface area (Å²) in [5, 5.41) is 0.688. The van der Waals surface area contributed by atoms with E-state index in [1.807, 2.05) is 6.07 Å². The van der Waals surface area contributed by atoms with E-state index < -0.39 is 0 Å². The van der Waals surface area contributed by atoms with Crippen LogP contribution < -0.4 is 5.73 Å². The third-order valence-electron chi connectivity index (χ3n) is 2.10. The predicted molar refractivity (Wildman–Crippen MR) is 51.6 cm³/mol. The molecule has 66 valence electrons. The summed E-state index contributed by atoms with van der Waals surface area (Å²) in [7, 11) is 0. The van der Waals surface area contributed by atoms with E-state index in [0.29, 0.717) is 5.02 Å². The van der Waals surface area contributed by atoms with E-state index in [9.17, 15) is 0 Å². The molecule has 1 aliphatic rings. The van der Waals surface area contributed by atoms with Crippen molar-refractivity contribution in [3.05, 3.63) is 29.0 Å². The molecule has 1 aromatic heterocycles. The quantitative estimate of drug-likeness (QED) is 0.762. The number of hydrogen-bond acceptors (Lipinski definition) is 2.